The molecule has 0 bridgehead atoms. The summed E-state index contributed by atoms with van der Waals surface area (Å²) in [7, 11) is 1.78. The van der Waals surface area contributed by atoms with Gasteiger partial charge in [0.25, 0.3) is 5.91 Å². The van der Waals surface area contributed by atoms with Crippen molar-refractivity contribution in [3.8, 4) is 5.75 Å². The number of hydrogen-bond acceptors (Lipinski definition) is 3. The van der Waals surface area contributed by atoms with E-state index in [1.54, 1.807) is 35.0 Å². The first kappa shape index (κ1) is 27.0. The molecule has 194 valence electrons. The first-order valence-electron chi connectivity index (χ1n) is 12.2. The quantitative estimate of drug-likeness (QED) is 0.327. The Balaban J connectivity index is 1.54. The van der Waals surface area contributed by atoms with E-state index in [1.807, 2.05) is 36.4 Å². The lowest BCUT2D eigenvalue weighted by atomic mass is 9.77. The predicted molar refractivity (Wildman–Crippen MR) is 143 cm³/mol. The van der Waals surface area contributed by atoms with E-state index in [0.717, 1.165) is 5.56 Å². The molecule has 1 aliphatic rings. The molecule has 0 aliphatic carbocycles. The van der Waals surface area contributed by atoms with E-state index < -0.39 is 11.2 Å². The molecule has 4 rings (SSSR count). The highest BCUT2D eigenvalue weighted by Crippen LogP contribution is 2.36. The van der Waals surface area contributed by atoms with Gasteiger partial charge in [-0.15, -0.1) is 0 Å². The molecule has 1 aliphatic heterocycles. The number of ether oxygens (including phenoxy) is 1. The van der Waals surface area contributed by atoms with Gasteiger partial charge < -0.3 is 14.5 Å². The number of amides is 2. The predicted octanol–water partition coefficient (Wildman–Crippen LogP) is 6.48. The van der Waals surface area contributed by atoms with Gasteiger partial charge in [-0.25, -0.2) is 4.39 Å². The lowest BCUT2D eigenvalue weighted by Gasteiger charge is -2.43. The highest BCUT2D eigenvalue weighted by molar-refractivity contribution is 6.31. The summed E-state index contributed by atoms with van der Waals surface area (Å²) < 4.78 is 19.8. The van der Waals surface area contributed by atoms with Crippen molar-refractivity contribution in [2.45, 2.75) is 25.8 Å². The smallest absolute Gasteiger partial charge is 0.253 e. The van der Waals surface area contributed by atoms with E-state index in [-0.39, 0.29) is 29.9 Å². The lowest BCUT2D eigenvalue weighted by molar-refractivity contribution is -0.134. The molecule has 3 aromatic carbocycles. The third kappa shape index (κ3) is 7.02. The Hall–Kier alpha value is -3.09. The van der Waals surface area contributed by atoms with Crippen molar-refractivity contribution in [2.24, 2.45) is 5.41 Å². The van der Waals surface area contributed by atoms with Crippen molar-refractivity contribution < 1.29 is 18.7 Å². The van der Waals surface area contributed by atoms with Crippen LogP contribution in [0.2, 0.25) is 10.0 Å². The zero-order chi connectivity index (χ0) is 26.4. The van der Waals surface area contributed by atoms with Crippen molar-refractivity contribution >= 4 is 35.0 Å². The van der Waals surface area contributed by atoms with Gasteiger partial charge in [-0.2, -0.15) is 0 Å². The summed E-state index contributed by atoms with van der Waals surface area (Å²) in [5.41, 5.74) is 0.740. The molecule has 0 aromatic heterocycles. The molecule has 8 heteroatoms. The minimum absolute atomic E-state index is 0.0299. The van der Waals surface area contributed by atoms with Crippen LogP contribution in [0, 0.1) is 11.2 Å². The zero-order valence-electron chi connectivity index (χ0n) is 20.6. The molecule has 1 fully saturated rings. The average molecular weight is 543 g/mol. The summed E-state index contributed by atoms with van der Waals surface area (Å²) in [6.07, 6.45) is 1.63. The van der Waals surface area contributed by atoms with Crippen molar-refractivity contribution in [1.82, 2.24) is 9.80 Å². The number of likely N-dealkylation sites (tertiary alicyclic amines) is 1. The van der Waals surface area contributed by atoms with Crippen molar-refractivity contribution in [3.63, 3.8) is 0 Å². The van der Waals surface area contributed by atoms with Gasteiger partial charge in [0.1, 0.15) is 11.6 Å². The molecule has 37 heavy (non-hydrogen) atoms. The maximum atomic E-state index is 13.7. The number of rotatable bonds is 8. The number of carbonyl (C=O) groups excluding carboxylic acids is 2. The van der Waals surface area contributed by atoms with E-state index in [0.29, 0.717) is 48.8 Å². The van der Waals surface area contributed by atoms with Crippen molar-refractivity contribution in [2.75, 3.05) is 26.7 Å². The molecular weight excluding hydrogens is 514 g/mol. The van der Waals surface area contributed by atoms with Crippen LogP contribution in [0.25, 0.3) is 0 Å². The van der Waals surface area contributed by atoms with E-state index in [4.69, 9.17) is 27.9 Å². The van der Waals surface area contributed by atoms with Crippen LogP contribution in [0.5, 0.6) is 5.75 Å². The van der Waals surface area contributed by atoms with Crippen LogP contribution in [0.1, 0.15) is 35.2 Å². The fraction of sp³-hybridized carbons (Fsp3) is 0.310. The summed E-state index contributed by atoms with van der Waals surface area (Å²) in [5, 5.41) is 0.454. The van der Waals surface area contributed by atoms with Crippen LogP contribution >= 0.6 is 23.2 Å². The fourth-order valence-corrected chi connectivity index (χ4v) is 5.06. The minimum Gasteiger partial charge on any atom is -0.493 e. The third-order valence-electron chi connectivity index (χ3n) is 6.67. The molecule has 5 nitrogen and oxygen atoms in total. The Kier molecular flexibility index (Phi) is 8.72. The van der Waals surface area contributed by atoms with Gasteiger partial charge in [0.2, 0.25) is 5.91 Å². The second-order valence-corrected chi connectivity index (χ2v) is 10.5. The van der Waals surface area contributed by atoms with Gasteiger partial charge in [-0.3, -0.25) is 9.59 Å². The van der Waals surface area contributed by atoms with E-state index >= 15 is 0 Å². The SMILES string of the molecule is CN(Cc1ccccc1)C(=O)C[C@@]1(COc2cccc(Cl)c2)CCCN(C(=O)c2ccc(F)c(Cl)c2)C1. The lowest BCUT2D eigenvalue weighted by Crippen LogP contribution is -2.50. The zero-order valence-corrected chi connectivity index (χ0v) is 22.1. The number of carbonyl (C=O) groups is 2. The molecule has 2 amide bonds. The molecule has 0 spiro atoms. The van der Waals surface area contributed by atoms with Gasteiger partial charge >= 0.3 is 0 Å². The molecule has 3 aromatic rings. The highest BCUT2D eigenvalue weighted by Gasteiger charge is 2.41. The monoisotopic (exact) mass is 542 g/mol. The van der Waals surface area contributed by atoms with Gasteiger partial charge in [0.05, 0.1) is 11.6 Å². The second kappa shape index (κ2) is 12.0. The molecule has 0 N–H and O–H groups in total. The summed E-state index contributed by atoms with van der Waals surface area (Å²) in [6, 6.07) is 20.9. The Labute approximate surface area is 226 Å². The van der Waals surface area contributed by atoms with Crippen LogP contribution in [-0.4, -0.2) is 48.4 Å². The normalized spacial score (nSPS) is 17.4. The number of hydrogen-bond donors (Lipinski definition) is 0. The average Bonchev–Trinajstić information content (AvgIpc) is 2.89. The van der Waals surface area contributed by atoms with Crippen LogP contribution in [0.15, 0.2) is 72.8 Å². The largest absolute Gasteiger partial charge is 0.493 e. The maximum absolute atomic E-state index is 13.7. The van der Waals surface area contributed by atoms with Crippen LogP contribution < -0.4 is 4.74 Å². The summed E-state index contributed by atoms with van der Waals surface area (Å²) in [4.78, 5) is 30.1. The maximum Gasteiger partial charge on any atom is 0.253 e. The first-order chi connectivity index (χ1) is 17.7. The third-order valence-corrected chi connectivity index (χ3v) is 7.20. The van der Waals surface area contributed by atoms with Gasteiger partial charge in [0.15, 0.2) is 0 Å². The summed E-state index contributed by atoms with van der Waals surface area (Å²) >= 11 is 12.1. The topological polar surface area (TPSA) is 49.9 Å². The fourth-order valence-electron chi connectivity index (χ4n) is 4.70. The van der Waals surface area contributed by atoms with Gasteiger partial charge in [-0.05, 0) is 54.8 Å². The molecule has 0 saturated carbocycles. The van der Waals surface area contributed by atoms with Crippen molar-refractivity contribution in [3.05, 3.63) is 99.8 Å². The molecular formula is C29H29Cl2FN2O3. The number of piperidine rings is 1. The van der Waals surface area contributed by atoms with Crippen LogP contribution in [0.4, 0.5) is 4.39 Å². The molecule has 0 radical (unpaired) electrons. The molecule has 1 heterocycles. The Morgan fingerprint density at radius 3 is 2.57 bits per heavy atom. The second-order valence-electron chi connectivity index (χ2n) is 9.62. The Bertz CT molecular complexity index is 1260. The van der Waals surface area contributed by atoms with Crippen LogP contribution in [-0.2, 0) is 11.3 Å². The van der Waals surface area contributed by atoms with Crippen molar-refractivity contribution in [1.29, 1.82) is 0 Å². The van der Waals surface area contributed by atoms with Gasteiger partial charge in [-0.1, -0.05) is 59.6 Å². The summed E-state index contributed by atoms with van der Waals surface area (Å²) in [5.74, 6) is -0.254. The Morgan fingerprint density at radius 2 is 1.84 bits per heavy atom. The van der Waals surface area contributed by atoms with E-state index in [9.17, 15) is 14.0 Å². The number of benzene rings is 3. The summed E-state index contributed by atoms with van der Waals surface area (Å²) in [6.45, 7) is 1.58. The number of halogens is 3. The van der Waals surface area contributed by atoms with E-state index in [2.05, 4.69) is 0 Å². The Morgan fingerprint density at radius 1 is 1.05 bits per heavy atom. The standard InChI is InChI=1S/C29H29Cl2FN2O3/c1-33(18-21-7-3-2-4-8-21)27(35)17-29(20-37-24-10-5-9-23(30)16-24)13-6-14-34(19-29)28(36)22-11-12-26(32)25(31)15-22/h2-5,7-12,15-16H,6,13-14,17-20H2,1H3/t29-/m0/s1. The van der Waals surface area contributed by atoms with Gasteiger partial charge in [0, 0.05) is 49.1 Å². The van der Waals surface area contributed by atoms with Crippen LogP contribution in [0.3, 0.4) is 0 Å². The minimum atomic E-state index is -0.609. The highest BCUT2D eigenvalue weighted by atomic mass is 35.5. The number of nitrogens with zero attached hydrogens (tertiary/aromatic N) is 2. The molecule has 0 unspecified atom stereocenters. The first-order valence-corrected chi connectivity index (χ1v) is 12.9. The molecule has 1 saturated heterocycles. The molecule has 1 atom stereocenters. The van der Waals surface area contributed by atoms with E-state index in [1.165, 1.54) is 18.2 Å².